The van der Waals surface area contributed by atoms with Crippen LogP contribution in [0.2, 0.25) is 0 Å². The lowest BCUT2D eigenvalue weighted by molar-refractivity contribution is -0.126. The van der Waals surface area contributed by atoms with Gasteiger partial charge in [-0.05, 0) is 82.2 Å². The van der Waals surface area contributed by atoms with E-state index in [1.54, 1.807) is 0 Å². The van der Waals surface area contributed by atoms with Gasteiger partial charge < -0.3 is 19.4 Å². The summed E-state index contributed by atoms with van der Waals surface area (Å²) in [6, 6.07) is 9.98. The third-order valence-electron chi connectivity index (χ3n) is 9.24. The number of ether oxygens (including phenoxy) is 1. The number of aromatic nitrogens is 2. The van der Waals surface area contributed by atoms with Gasteiger partial charge in [-0.25, -0.2) is 0 Å². The van der Waals surface area contributed by atoms with Gasteiger partial charge in [-0.2, -0.15) is 9.97 Å². The van der Waals surface area contributed by atoms with Crippen LogP contribution in [-0.4, -0.2) is 78.1 Å². The lowest BCUT2D eigenvalue weighted by Gasteiger charge is -2.43. The summed E-state index contributed by atoms with van der Waals surface area (Å²) in [5.74, 6) is 1.02. The molecule has 6 rings (SSSR count). The number of benzene rings is 1. The molecular formula is C30H39N5O2. The molecule has 7 nitrogen and oxygen atoms in total. The van der Waals surface area contributed by atoms with E-state index in [1.807, 2.05) is 4.90 Å². The summed E-state index contributed by atoms with van der Waals surface area (Å²) in [7, 11) is 2.18. The zero-order valence-corrected chi connectivity index (χ0v) is 22.1. The minimum absolute atomic E-state index is 0.00646. The number of hydrogen-bond donors (Lipinski definition) is 0. The Morgan fingerprint density at radius 1 is 1.11 bits per heavy atom. The van der Waals surface area contributed by atoms with Crippen molar-refractivity contribution in [1.82, 2.24) is 19.8 Å². The molecule has 3 heterocycles. The van der Waals surface area contributed by atoms with Crippen molar-refractivity contribution in [3.8, 4) is 6.01 Å². The molecule has 0 saturated carbocycles. The van der Waals surface area contributed by atoms with Gasteiger partial charge in [0, 0.05) is 43.2 Å². The number of amides is 1. The Morgan fingerprint density at radius 3 is 2.73 bits per heavy atom. The van der Waals surface area contributed by atoms with E-state index in [0.29, 0.717) is 31.7 Å². The highest BCUT2D eigenvalue weighted by atomic mass is 16.5. The van der Waals surface area contributed by atoms with Gasteiger partial charge in [0.25, 0.3) is 0 Å². The first-order valence-electron chi connectivity index (χ1n) is 14.0. The minimum atomic E-state index is 0.00646. The maximum absolute atomic E-state index is 12.1. The van der Waals surface area contributed by atoms with Crippen LogP contribution in [0, 0.1) is 0 Å². The molecule has 0 N–H and O–H groups in total. The molecule has 1 unspecified atom stereocenters. The summed E-state index contributed by atoms with van der Waals surface area (Å²) >= 11 is 0. The first-order chi connectivity index (χ1) is 18.1. The van der Waals surface area contributed by atoms with Crippen LogP contribution in [0.1, 0.15) is 54.5 Å². The van der Waals surface area contributed by atoms with Crippen molar-refractivity contribution >= 4 is 11.7 Å². The maximum atomic E-state index is 12.1. The quantitative estimate of drug-likeness (QED) is 0.584. The number of likely N-dealkylation sites (tertiary alicyclic amines) is 1. The zero-order chi connectivity index (χ0) is 25.4. The van der Waals surface area contributed by atoms with Gasteiger partial charge in [-0.3, -0.25) is 4.79 Å². The average molecular weight is 502 g/mol. The van der Waals surface area contributed by atoms with E-state index in [2.05, 4.69) is 47.7 Å². The fourth-order valence-electron chi connectivity index (χ4n) is 7.08. The van der Waals surface area contributed by atoms with E-state index >= 15 is 0 Å². The van der Waals surface area contributed by atoms with Gasteiger partial charge in [0.2, 0.25) is 5.91 Å². The summed E-state index contributed by atoms with van der Waals surface area (Å²) < 4.78 is 6.31. The standard InChI is InChI=1S/C30H39N5O2/c1-3-27(36)34-16-18-35(19-17-34)28-24-12-14-30(13-6-9-22-8-4-5-11-25(22)30)20-26(24)31-29(32-28)37-21-23-10-7-15-33(23)2/h3-5,8,11,23H,1,6-7,9-10,12-21H2,2H3/t23-,30?/m0/s1. The largest absolute Gasteiger partial charge is 0.462 e. The molecule has 2 fully saturated rings. The van der Waals surface area contributed by atoms with E-state index in [1.165, 1.54) is 48.4 Å². The van der Waals surface area contributed by atoms with Crippen molar-refractivity contribution in [2.45, 2.75) is 62.8 Å². The molecule has 2 saturated heterocycles. The number of fused-ring (bicyclic) bond motifs is 3. The molecule has 1 aromatic carbocycles. The van der Waals surface area contributed by atoms with Crippen molar-refractivity contribution in [2.75, 3.05) is 51.3 Å². The van der Waals surface area contributed by atoms with Gasteiger partial charge in [0.05, 0.1) is 5.69 Å². The Morgan fingerprint density at radius 2 is 1.95 bits per heavy atom. The molecule has 2 atom stereocenters. The Labute approximate surface area is 220 Å². The van der Waals surface area contributed by atoms with Crippen molar-refractivity contribution < 1.29 is 9.53 Å². The fraction of sp³-hybridized carbons (Fsp3) is 0.567. The second-order valence-electron chi connectivity index (χ2n) is 11.3. The lowest BCUT2D eigenvalue weighted by atomic mass is 9.62. The Kier molecular flexibility index (Phi) is 6.65. The van der Waals surface area contributed by atoms with Gasteiger partial charge in [0.1, 0.15) is 12.4 Å². The Bertz CT molecular complexity index is 1170. The minimum Gasteiger partial charge on any atom is -0.462 e. The third-order valence-corrected chi connectivity index (χ3v) is 9.24. The number of rotatable bonds is 5. The van der Waals surface area contributed by atoms with E-state index in [0.717, 1.165) is 56.8 Å². The maximum Gasteiger partial charge on any atom is 0.318 e. The van der Waals surface area contributed by atoms with Crippen LogP contribution in [0.5, 0.6) is 6.01 Å². The number of piperazine rings is 1. The van der Waals surface area contributed by atoms with Crippen LogP contribution in [0.25, 0.3) is 0 Å². The van der Waals surface area contributed by atoms with Crippen molar-refractivity contribution in [3.63, 3.8) is 0 Å². The number of likely N-dealkylation sites (N-methyl/N-ethyl adjacent to an activating group) is 1. The molecule has 7 heteroatoms. The smallest absolute Gasteiger partial charge is 0.318 e. The number of nitrogens with zero attached hydrogens (tertiary/aromatic N) is 5. The SMILES string of the molecule is C=CC(=O)N1CCN(c2nc(OC[C@@H]3CCCN3C)nc3c2CCC2(CCCc4ccccc42)C3)CC1. The molecule has 1 amide bonds. The molecule has 4 aliphatic rings. The number of carbonyl (C=O) groups excluding carboxylic acids is 1. The molecule has 1 spiro atoms. The van der Waals surface area contributed by atoms with Crippen LogP contribution >= 0.6 is 0 Å². The van der Waals surface area contributed by atoms with Crippen molar-refractivity contribution in [1.29, 1.82) is 0 Å². The molecule has 37 heavy (non-hydrogen) atoms. The third kappa shape index (κ3) is 4.63. The lowest BCUT2D eigenvalue weighted by Crippen LogP contribution is -2.49. The molecule has 0 bridgehead atoms. The predicted octanol–water partition coefficient (Wildman–Crippen LogP) is 3.55. The Balaban J connectivity index is 1.31. The summed E-state index contributed by atoms with van der Waals surface area (Å²) in [5.41, 5.74) is 5.63. The van der Waals surface area contributed by atoms with E-state index in [4.69, 9.17) is 14.7 Å². The van der Waals surface area contributed by atoms with Crippen LogP contribution in [0.3, 0.4) is 0 Å². The first kappa shape index (κ1) is 24.4. The molecule has 2 aliphatic carbocycles. The Hall–Kier alpha value is -2.93. The number of hydrogen-bond acceptors (Lipinski definition) is 6. The van der Waals surface area contributed by atoms with E-state index in [-0.39, 0.29) is 11.3 Å². The highest BCUT2D eigenvalue weighted by Crippen LogP contribution is 2.47. The summed E-state index contributed by atoms with van der Waals surface area (Å²) in [5, 5.41) is 0. The normalized spacial score (nSPS) is 25.6. The van der Waals surface area contributed by atoms with E-state index < -0.39 is 0 Å². The molecule has 1 aromatic heterocycles. The van der Waals surface area contributed by atoms with Crippen molar-refractivity contribution in [2.24, 2.45) is 0 Å². The van der Waals surface area contributed by atoms with E-state index in [9.17, 15) is 4.79 Å². The molecular weight excluding hydrogens is 462 g/mol. The predicted molar refractivity (Wildman–Crippen MR) is 145 cm³/mol. The highest BCUT2D eigenvalue weighted by molar-refractivity contribution is 5.87. The van der Waals surface area contributed by atoms with Gasteiger partial charge in [0.15, 0.2) is 0 Å². The fourth-order valence-corrected chi connectivity index (χ4v) is 7.08. The first-order valence-corrected chi connectivity index (χ1v) is 14.0. The second kappa shape index (κ2) is 10.1. The second-order valence-corrected chi connectivity index (χ2v) is 11.3. The summed E-state index contributed by atoms with van der Waals surface area (Å²) in [6.07, 6.45) is 10.5. The molecule has 2 aliphatic heterocycles. The van der Waals surface area contributed by atoms with Crippen molar-refractivity contribution in [3.05, 3.63) is 59.3 Å². The molecule has 2 aromatic rings. The van der Waals surface area contributed by atoms with Gasteiger partial charge >= 0.3 is 6.01 Å². The summed E-state index contributed by atoms with van der Waals surface area (Å²) in [6.45, 7) is 8.31. The average Bonchev–Trinajstić information content (AvgIpc) is 3.35. The zero-order valence-electron chi connectivity index (χ0n) is 22.1. The summed E-state index contributed by atoms with van der Waals surface area (Å²) in [4.78, 5) is 28.8. The molecule has 0 radical (unpaired) electrons. The van der Waals surface area contributed by atoms with Crippen LogP contribution in [0.15, 0.2) is 36.9 Å². The van der Waals surface area contributed by atoms with Crippen LogP contribution in [0.4, 0.5) is 5.82 Å². The van der Waals surface area contributed by atoms with Crippen LogP contribution < -0.4 is 9.64 Å². The van der Waals surface area contributed by atoms with Gasteiger partial charge in [-0.1, -0.05) is 30.8 Å². The topological polar surface area (TPSA) is 61.8 Å². The van der Waals surface area contributed by atoms with Crippen LogP contribution in [-0.2, 0) is 29.5 Å². The highest BCUT2D eigenvalue weighted by Gasteiger charge is 2.41. The number of anilines is 1. The van der Waals surface area contributed by atoms with Gasteiger partial charge in [-0.15, -0.1) is 0 Å². The monoisotopic (exact) mass is 501 g/mol. The number of carbonyl (C=O) groups is 1. The number of aryl methyl sites for hydroxylation is 1. The molecule has 196 valence electrons.